The minimum Gasteiger partial charge on any atom is -0.126 e. The highest BCUT2D eigenvalue weighted by atomic mass is 35.5. The predicted octanol–water partition coefficient (Wildman–Crippen LogP) is 3.68. The normalized spacial score (nSPS) is 27.2. The van der Waals surface area contributed by atoms with Crippen LogP contribution < -0.4 is 0 Å². The van der Waals surface area contributed by atoms with Crippen molar-refractivity contribution < 1.29 is 0 Å². The average Bonchev–Trinajstić information content (AvgIpc) is 2.85. The summed E-state index contributed by atoms with van der Waals surface area (Å²) in [6, 6.07) is 8.08. The van der Waals surface area contributed by atoms with Gasteiger partial charge in [0.2, 0.25) is 0 Å². The molecule has 1 aromatic carbocycles. The first-order valence-corrected chi connectivity index (χ1v) is 5.04. The fourth-order valence-electron chi connectivity index (χ4n) is 1.54. The Kier molecular flexibility index (Phi) is 2.29. The number of halogens is 2. The third kappa shape index (κ3) is 1.60. The largest absolute Gasteiger partial charge is 0.126 e. The molecule has 1 aliphatic rings. The molecule has 1 saturated carbocycles. The van der Waals surface area contributed by atoms with Crippen LogP contribution in [0.3, 0.4) is 0 Å². The van der Waals surface area contributed by atoms with Gasteiger partial charge in [0.15, 0.2) is 0 Å². The molecule has 0 spiro atoms. The van der Waals surface area contributed by atoms with E-state index in [2.05, 4.69) is 12.1 Å². The molecule has 2 unspecified atom stereocenters. The molecule has 0 heterocycles. The van der Waals surface area contributed by atoms with Gasteiger partial charge in [-0.2, -0.15) is 0 Å². The van der Waals surface area contributed by atoms with Crippen LogP contribution in [0.4, 0.5) is 0 Å². The maximum Gasteiger partial charge on any atom is 0.0406 e. The van der Waals surface area contributed by atoms with Crippen molar-refractivity contribution in [2.24, 2.45) is 5.92 Å². The van der Waals surface area contributed by atoms with Crippen molar-refractivity contribution in [1.29, 1.82) is 0 Å². The van der Waals surface area contributed by atoms with Crippen LogP contribution in [0.25, 0.3) is 0 Å². The first-order valence-electron chi connectivity index (χ1n) is 4.12. The van der Waals surface area contributed by atoms with Gasteiger partial charge >= 0.3 is 0 Å². The SMILES string of the molecule is ClCC1CC1c1ccc(Cl)cc1. The molecular formula is C10H10Cl2. The van der Waals surface area contributed by atoms with Gasteiger partial charge in [0.1, 0.15) is 0 Å². The standard InChI is InChI=1S/C10H10Cl2/c11-6-8-5-10(8)7-1-3-9(12)4-2-7/h1-4,8,10H,5-6H2. The molecule has 12 heavy (non-hydrogen) atoms. The number of benzene rings is 1. The molecule has 0 saturated heterocycles. The first-order chi connectivity index (χ1) is 5.81. The van der Waals surface area contributed by atoms with Gasteiger partial charge in [-0.25, -0.2) is 0 Å². The minimum absolute atomic E-state index is 0.694. The second-order valence-electron chi connectivity index (χ2n) is 3.31. The van der Waals surface area contributed by atoms with Crippen molar-refractivity contribution in [3.8, 4) is 0 Å². The fourth-order valence-corrected chi connectivity index (χ4v) is 2.00. The minimum atomic E-state index is 0.694. The maximum absolute atomic E-state index is 5.78. The van der Waals surface area contributed by atoms with E-state index < -0.39 is 0 Å². The van der Waals surface area contributed by atoms with Crippen LogP contribution >= 0.6 is 23.2 Å². The van der Waals surface area contributed by atoms with E-state index in [0.717, 1.165) is 10.9 Å². The Hall–Kier alpha value is -0.200. The molecule has 64 valence electrons. The van der Waals surface area contributed by atoms with Gasteiger partial charge in [0.05, 0.1) is 0 Å². The van der Waals surface area contributed by atoms with Crippen LogP contribution in [0.5, 0.6) is 0 Å². The maximum atomic E-state index is 5.78. The second-order valence-corrected chi connectivity index (χ2v) is 4.05. The zero-order valence-corrected chi connectivity index (χ0v) is 8.15. The molecule has 0 aliphatic heterocycles. The summed E-state index contributed by atoms with van der Waals surface area (Å²) in [6.07, 6.45) is 1.24. The number of hydrogen-bond acceptors (Lipinski definition) is 0. The van der Waals surface area contributed by atoms with Crippen LogP contribution in [0, 0.1) is 5.92 Å². The quantitative estimate of drug-likeness (QED) is 0.640. The molecule has 0 aromatic heterocycles. The van der Waals surface area contributed by atoms with Crippen molar-refractivity contribution in [3.63, 3.8) is 0 Å². The molecule has 0 N–H and O–H groups in total. The van der Waals surface area contributed by atoms with Crippen LogP contribution in [-0.4, -0.2) is 5.88 Å². The van der Waals surface area contributed by atoms with E-state index in [1.165, 1.54) is 12.0 Å². The lowest BCUT2D eigenvalue weighted by atomic mass is 10.1. The highest BCUT2D eigenvalue weighted by Gasteiger charge is 2.36. The van der Waals surface area contributed by atoms with E-state index in [1.54, 1.807) is 0 Å². The van der Waals surface area contributed by atoms with Gasteiger partial charge in [-0.3, -0.25) is 0 Å². The highest BCUT2D eigenvalue weighted by molar-refractivity contribution is 6.30. The van der Waals surface area contributed by atoms with E-state index in [4.69, 9.17) is 23.2 Å². The predicted molar refractivity (Wildman–Crippen MR) is 53.0 cm³/mol. The molecule has 1 fully saturated rings. The van der Waals surface area contributed by atoms with Crippen LogP contribution in [0.1, 0.15) is 17.9 Å². The Labute approximate surface area is 82.5 Å². The van der Waals surface area contributed by atoms with E-state index >= 15 is 0 Å². The van der Waals surface area contributed by atoms with Crippen LogP contribution in [0.2, 0.25) is 5.02 Å². The smallest absolute Gasteiger partial charge is 0.0406 e. The first kappa shape index (κ1) is 8.40. The fraction of sp³-hybridized carbons (Fsp3) is 0.400. The zero-order valence-electron chi connectivity index (χ0n) is 6.63. The van der Waals surface area contributed by atoms with Crippen LogP contribution in [-0.2, 0) is 0 Å². The van der Waals surface area contributed by atoms with Crippen LogP contribution in [0.15, 0.2) is 24.3 Å². The summed E-state index contributed by atoms with van der Waals surface area (Å²) in [6.45, 7) is 0. The Bertz CT molecular complexity index is 266. The zero-order chi connectivity index (χ0) is 8.55. The summed E-state index contributed by atoms with van der Waals surface area (Å²) in [7, 11) is 0. The van der Waals surface area contributed by atoms with Gasteiger partial charge < -0.3 is 0 Å². The third-order valence-corrected chi connectivity index (χ3v) is 3.07. The van der Waals surface area contributed by atoms with Crippen molar-refractivity contribution in [3.05, 3.63) is 34.9 Å². The molecule has 0 nitrogen and oxygen atoms in total. The lowest BCUT2D eigenvalue weighted by Crippen LogP contribution is -1.83. The summed E-state index contributed by atoms with van der Waals surface area (Å²) < 4.78 is 0. The summed E-state index contributed by atoms with van der Waals surface area (Å²) >= 11 is 11.5. The molecule has 2 heteroatoms. The van der Waals surface area contributed by atoms with E-state index in [0.29, 0.717) is 11.8 Å². The van der Waals surface area contributed by atoms with E-state index in [1.807, 2.05) is 12.1 Å². The van der Waals surface area contributed by atoms with Crippen molar-refractivity contribution in [2.75, 3.05) is 5.88 Å². The van der Waals surface area contributed by atoms with Gasteiger partial charge in [-0.05, 0) is 36.0 Å². The molecule has 0 bridgehead atoms. The second kappa shape index (κ2) is 3.27. The summed E-state index contributed by atoms with van der Waals surface area (Å²) in [4.78, 5) is 0. The summed E-state index contributed by atoms with van der Waals surface area (Å²) in [5.74, 6) is 2.18. The number of rotatable bonds is 2. The average molecular weight is 201 g/mol. The monoisotopic (exact) mass is 200 g/mol. The number of alkyl halides is 1. The molecule has 2 rings (SSSR count). The van der Waals surface area contributed by atoms with Crippen molar-refractivity contribution in [1.82, 2.24) is 0 Å². The van der Waals surface area contributed by atoms with Crippen molar-refractivity contribution >= 4 is 23.2 Å². The topological polar surface area (TPSA) is 0 Å². The molecule has 1 aromatic rings. The molecule has 0 amide bonds. The van der Waals surface area contributed by atoms with Gasteiger partial charge in [0, 0.05) is 10.9 Å². The molecule has 0 radical (unpaired) electrons. The Morgan fingerprint density at radius 3 is 2.42 bits per heavy atom. The Balaban J connectivity index is 2.10. The molecule has 2 atom stereocenters. The molecular weight excluding hydrogens is 191 g/mol. The van der Waals surface area contributed by atoms with E-state index in [9.17, 15) is 0 Å². The van der Waals surface area contributed by atoms with Gasteiger partial charge in [-0.15, -0.1) is 11.6 Å². The Morgan fingerprint density at radius 1 is 1.25 bits per heavy atom. The highest BCUT2D eigenvalue weighted by Crippen LogP contribution is 2.47. The third-order valence-electron chi connectivity index (χ3n) is 2.42. The van der Waals surface area contributed by atoms with Gasteiger partial charge in [0.25, 0.3) is 0 Å². The summed E-state index contributed by atoms with van der Waals surface area (Å²) in [5.41, 5.74) is 1.38. The molecule has 1 aliphatic carbocycles. The Morgan fingerprint density at radius 2 is 1.92 bits per heavy atom. The van der Waals surface area contributed by atoms with E-state index in [-0.39, 0.29) is 0 Å². The lowest BCUT2D eigenvalue weighted by Gasteiger charge is -1.97. The lowest BCUT2D eigenvalue weighted by molar-refractivity contribution is 0.923. The summed E-state index contributed by atoms with van der Waals surface area (Å²) in [5, 5.41) is 0.807. The number of hydrogen-bond donors (Lipinski definition) is 0. The van der Waals surface area contributed by atoms with Crippen molar-refractivity contribution in [2.45, 2.75) is 12.3 Å². The van der Waals surface area contributed by atoms with Gasteiger partial charge in [-0.1, -0.05) is 23.7 Å².